The van der Waals surface area contributed by atoms with Crippen molar-refractivity contribution >= 4 is 17.5 Å². The van der Waals surface area contributed by atoms with Gasteiger partial charge in [-0.3, -0.25) is 0 Å². The monoisotopic (exact) mass is 408 g/mol. The minimum absolute atomic E-state index is 0.103. The molecule has 11 heteroatoms. The van der Waals surface area contributed by atoms with E-state index in [2.05, 4.69) is 25.5 Å². The summed E-state index contributed by atoms with van der Waals surface area (Å²) < 4.78 is 30.0. The lowest BCUT2D eigenvalue weighted by molar-refractivity contribution is -0.0763. The third-order valence-corrected chi connectivity index (χ3v) is 4.74. The maximum absolute atomic E-state index is 12.6. The summed E-state index contributed by atoms with van der Waals surface area (Å²) in [4.78, 5) is 8.36. The van der Waals surface area contributed by atoms with Gasteiger partial charge in [0, 0.05) is 30.3 Å². The topological polar surface area (TPSA) is 123 Å². The van der Waals surface area contributed by atoms with E-state index >= 15 is 0 Å². The number of aromatic nitrogens is 4. The van der Waals surface area contributed by atoms with Gasteiger partial charge in [-0.05, 0) is 17.7 Å². The van der Waals surface area contributed by atoms with Crippen LogP contribution in [0.3, 0.4) is 0 Å². The molecule has 0 atom stereocenters. The summed E-state index contributed by atoms with van der Waals surface area (Å²) in [6, 6.07) is 7.16. The number of nitrogens with one attached hydrogen (secondary N) is 1. The van der Waals surface area contributed by atoms with Crippen molar-refractivity contribution in [2.75, 3.05) is 5.32 Å². The quantitative estimate of drug-likeness (QED) is 0.551. The molecule has 0 bridgehead atoms. The normalized spacial score (nSPS) is 24.2. The Balaban J connectivity index is 1.57. The molecule has 2 aromatic heterocycles. The Morgan fingerprint density at radius 1 is 1.14 bits per heavy atom. The first-order valence-corrected chi connectivity index (χ1v) is 8.64. The van der Waals surface area contributed by atoms with Gasteiger partial charge in [0.25, 0.3) is 11.8 Å². The fourth-order valence-electron chi connectivity index (χ4n) is 3.28. The molecule has 0 spiro atoms. The van der Waals surface area contributed by atoms with Gasteiger partial charge in [-0.1, -0.05) is 23.7 Å². The Bertz CT molecular complexity index is 970. The van der Waals surface area contributed by atoms with Crippen molar-refractivity contribution in [3.8, 4) is 11.5 Å². The summed E-state index contributed by atoms with van der Waals surface area (Å²) in [7, 11) is 0. The van der Waals surface area contributed by atoms with Crippen LogP contribution >= 0.6 is 11.6 Å². The first kappa shape index (κ1) is 18.7. The molecule has 0 amide bonds. The Morgan fingerprint density at radius 2 is 1.79 bits per heavy atom. The van der Waals surface area contributed by atoms with Crippen LogP contribution in [-0.4, -0.2) is 31.0 Å². The molecule has 1 aliphatic rings. The summed E-state index contributed by atoms with van der Waals surface area (Å²) in [5.74, 6) is -0.604. The number of halogens is 3. The van der Waals surface area contributed by atoms with Crippen molar-refractivity contribution in [1.29, 1.82) is 0 Å². The number of hydrogen-bond donors (Lipinski definition) is 3. The molecule has 2 heterocycles. The van der Waals surface area contributed by atoms with Crippen molar-refractivity contribution in [3.63, 3.8) is 0 Å². The van der Waals surface area contributed by atoms with Crippen LogP contribution in [0.4, 0.5) is 14.7 Å². The molecule has 0 unspecified atom stereocenters. The largest absolute Gasteiger partial charge is 0.415 e. The molecule has 1 fully saturated rings. The fourth-order valence-corrected chi connectivity index (χ4v) is 3.41. The van der Waals surface area contributed by atoms with E-state index in [0.29, 0.717) is 10.6 Å². The molecule has 1 aliphatic carbocycles. The summed E-state index contributed by atoms with van der Waals surface area (Å²) in [6.45, 7) is 0. The molecule has 1 aromatic carbocycles. The van der Waals surface area contributed by atoms with Gasteiger partial charge in [-0.2, -0.15) is 8.78 Å². The highest BCUT2D eigenvalue weighted by Gasteiger charge is 2.53. The third-order valence-electron chi connectivity index (χ3n) is 4.49. The van der Waals surface area contributed by atoms with E-state index in [1.165, 1.54) is 12.4 Å². The van der Waals surface area contributed by atoms with Crippen LogP contribution in [0.2, 0.25) is 5.02 Å². The Morgan fingerprint density at radius 3 is 2.32 bits per heavy atom. The predicted molar refractivity (Wildman–Crippen MR) is 95.4 cm³/mol. The van der Waals surface area contributed by atoms with Crippen LogP contribution in [-0.2, 0) is 5.54 Å². The number of hydrogen-bond acceptors (Lipinski definition) is 8. The second-order valence-corrected chi connectivity index (χ2v) is 7.15. The van der Waals surface area contributed by atoms with E-state index in [9.17, 15) is 13.9 Å². The molecule has 1 saturated carbocycles. The Hall–Kier alpha value is -2.69. The number of benzene rings is 1. The highest BCUT2D eigenvalue weighted by atomic mass is 35.5. The highest BCUT2D eigenvalue weighted by molar-refractivity contribution is 6.30. The summed E-state index contributed by atoms with van der Waals surface area (Å²) in [6.07, 6.45) is 0.389. The van der Waals surface area contributed by atoms with Gasteiger partial charge < -0.3 is 20.6 Å². The van der Waals surface area contributed by atoms with E-state index in [1.54, 1.807) is 12.1 Å². The zero-order valence-electron chi connectivity index (χ0n) is 14.3. The van der Waals surface area contributed by atoms with Crippen LogP contribution in [0.25, 0.3) is 11.5 Å². The number of alkyl halides is 2. The first-order chi connectivity index (χ1) is 13.3. The third kappa shape index (κ3) is 3.53. The Labute approximate surface area is 162 Å². The molecule has 3 aromatic rings. The zero-order chi connectivity index (χ0) is 19.9. The second kappa shape index (κ2) is 6.73. The number of nitrogens with zero attached hydrogens (tertiary/aromatic N) is 4. The van der Waals surface area contributed by atoms with Gasteiger partial charge in [-0.25, -0.2) is 9.97 Å². The number of nitrogens with two attached hydrogens (primary N) is 1. The van der Waals surface area contributed by atoms with Gasteiger partial charge in [0.05, 0.1) is 11.1 Å². The predicted octanol–water partition coefficient (Wildman–Crippen LogP) is 2.87. The second-order valence-electron chi connectivity index (χ2n) is 6.71. The van der Waals surface area contributed by atoms with Crippen LogP contribution < -0.4 is 11.1 Å². The minimum atomic E-state index is -2.85. The van der Waals surface area contributed by atoms with Gasteiger partial charge in [0.2, 0.25) is 5.95 Å². The van der Waals surface area contributed by atoms with Crippen molar-refractivity contribution in [2.24, 2.45) is 5.73 Å². The molecule has 0 aliphatic heterocycles. The van der Waals surface area contributed by atoms with E-state index in [1.807, 2.05) is 12.1 Å². The molecule has 4 rings (SSSR count). The lowest BCUT2D eigenvalue weighted by atomic mass is 9.66. The standard InChI is InChI=1S/C17H15ClF2N6O2/c18-11-3-1-10(2-4-11)16(7-17(21,27)8-16)24-15-22-5-9(6-23-15)13-25-26-14(28-13)12(19)20/h1-6,12,27H,7-8,21H2,(H,22,23,24). The zero-order valence-corrected chi connectivity index (χ0v) is 15.1. The highest BCUT2D eigenvalue weighted by Crippen LogP contribution is 2.47. The first-order valence-electron chi connectivity index (χ1n) is 8.26. The van der Waals surface area contributed by atoms with E-state index in [-0.39, 0.29) is 24.7 Å². The molecule has 0 radical (unpaired) electrons. The maximum atomic E-state index is 12.6. The molecule has 8 nitrogen and oxygen atoms in total. The van der Waals surface area contributed by atoms with Crippen LogP contribution in [0.15, 0.2) is 41.1 Å². The van der Waals surface area contributed by atoms with E-state index < -0.39 is 23.6 Å². The molecule has 0 saturated heterocycles. The molecular weight excluding hydrogens is 394 g/mol. The van der Waals surface area contributed by atoms with Gasteiger partial charge in [0.15, 0.2) is 0 Å². The summed E-state index contributed by atoms with van der Waals surface area (Å²) >= 11 is 5.95. The molecular formula is C17H15ClF2N6O2. The lowest BCUT2D eigenvalue weighted by Crippen LogP contribution is -2.63. The lowest BCUT2D eigenvalue weighted by Gasteiger charge is -2.52. The minimum Gasteiger partial charge on any atom is -0.415 e. The number of aliphatic hydroxyl groups is 1. The van der Waals surface area contributed by atoms with Crippen LogP contribution in [0, 0.1) is 0 Å². The van der Waals surface area contributed by atoms with Gasteiger partial charge in [0.1, 0.15) is 5.72 Å². The molecule has 28 heavy (non-hydrogen) atoms. The fraction of sp³-hybridized carbons (Fsp3) is 0.294. The molecule has 4 N–H and O–H groups in total. The average Bonchev–Trinajstić information content (AvgIpc) is 3.11. The Kier molecular flexibility index (Phi) is 4.48. The van der Waals surface area contributed by atoms with Crippen LogP contribution in [0.5, 0.6) is 0 Å². The van der Waals surface area contributed by atoms with Crippen molar-refractivity contribution in [3.05, 3.63) is 53.1 Å². The van der Waals surface area contributed by atoms with Crippen molar-refractivity contribution in [2.45, 2.75) is 30.5 Å². The maximum Gasteiger partial charge on any atom is 0.314 e. The van der Waals surface area contributed by atoms with Crippen LogP contribution in [0.1, 0.15) is 30.7 Å². The number of anilines is 1. The number of rotatable bonds is 5. The smallest absolute Gasteiger partial charge is 0.314 e. The van der Waals surface area contributed by atoms with E-state index in [4.69, 9.17) is 21.8 Å². The average molecular weight is 409 g/mol. The van der Waals surface area contributed by atoms with Crippen molar-refractivity contribution in [1.82, 2.24) is 20.2 Å². The van der Waals surface area contributed by atoms with E-state index in [0.717, 1.165) is 5.56 Å². The SMILES string of the molecule is NC1(O)CC(Nc2ncc(-c3nnc(C(F)F)o3)cn2)(c2ccc(Cl)cc2)C1. The molecule has 146 valence electrons. The summed E-state index contributed by atoms with van der Waals surface area (Å²) in [5.41, 5.74) is 5.01. The van der Waals surface area contributed by atoms with Crippen molar-refractivity contribution < 1.29 is 18.3 Å². The van der Waals surface area contributed by atoms with Gasteiger partial charge in [-0.15, -0.1) is 10.2 Å². The van der Waals surface area contributed by atoms with Gasteiger partial charge >= 0.3 is 6.43 Å². The summed E-state index contributed by atoms with van der Waals surface area (Å²) in [5, 5.41) is 20.7.